The number of pyridine rings is 1. The maximum Gasteiger partial charge on any atom is 0.251 e. The van der Waals surface area contributed by atoms with E-state index in [1.165, 1.54) is 17.0 Å². The first kappa shape index (κ1) is 33.9. The summed E-state index contributed by atoms with van der Waals surface area (Å²) in [5.74, 6) is 0.588. The lowest BCUT2D eigenvalue weighted by Crippen LogP contribution is -2.55. The highest BCUT2D eigenvalue weighted by Gasteiger charge is 2.50. The predicted octanol–water partition coefficient (Wildman–Crippen LogP) is 6.29. The van der Waals surface area contributed by atoms with Crippen LogP contribution in [0.2, 0.25) is 0 Å². The van der Waals surface area contributed by atoms with Crippen LogP contribution in [-0.4, -0.2) is 36.3 Å². The number of halogens is 1. The molecular weight excluding hydrogens is 557 g/mol. The Morgan fingerprint density at radius 3 is 2.50 bits per heavy atom. The van der Waals surface area contributed by atoms with Crippen LogP contribution in [0, 0.1) is 23.1 Å². The Morgan fingerprint density at radius 1 is 1.11 bits per heavy atom. The minimum atomic E-state index is -1.14. The molecule has 2 heterocycles. The van der Waals surface area contributed by atoms with Gasteiger partial charge in [0.15, 0.2) is 5.54 Å². The van der Waals surface area contributed by atoms with Crippen LogP contribution in [0.4, 0.5) is 15.9 Å². The quantitative estimate of drug-likeness (QED) is 0.321. The molecule has 2 aromatic carbocycles. The molecule has 2 aliphatic carbocycles. The molecule has 8 nitrogen and oxygen atoms in total. The van der Waals surface area contributed by atoms with E-state index in [2.05, 4.69) is 10.3 Å². The normalized spacial score (nSPS) is 17.7. The fourth-order valence-electron chi connectivity index (χ4n) is 5.42. The van der Waals surface area contributed by atoms with Gasteiger partial charge in [0, 0.05) is 31.4 Å². The topological polar surface area (TPSA) is 106 Å². The molecule has 2 fully saturated rings. The third kappa shape index (κ3) is 7.67. The smallest absolute Gasteiger partial charge is 0.251 e. The fraction of sp³-hybridized carbons (Fsp3) is 0.400. The number of carbonyl (C=O) groups excluding carboxylic acids is 3. The van der Waals surface area contributed by atoms with Crippen molar-refractivity contribution in [1.29, 1.82) is 5.26 Å². The highest BCUT2D eigenvalue weighted by molar-refractivity contribution is 5.98. The third-order valence-electron chi connectivity index (χ3n) is 7.67. The van der Waals surface area contributed by atoms with Gasteiger partial charge in [-0.15, -0.1) is 0 Å². The van der Waals surface area contributed by atoms with Crippen molar-refractivity contribution in [2.24, 2.45) is 5.92 Å². The second-order valence-electron chi connectivity index (χ2n) is 10.3. The van der Waals surface area contributed by atoms with Gasteiger partial charge in [0.25, 0.3) is 5.91 Å². The zero-order valence-corrected chi connectivity index (χ0v) is 26.1. The number of benzene rings is 2. The van der Waals surface area contributed by atoms with Crippen molar-refractivity contribution in [1.82, 2.24) is 10.3 Å². The van der Waals surface area contributed by atoms with Gasteiger partial charge in [0.05, 0.1) is 11.6 Å². The summed E-state index contributed by atoms with van der Waals surface area (Å²) in [7, 11) is 0. The molecule has 3 amide bonds. The SMILES string of the molecule is CC.CC.N#Cc1ccnc(N2CCCC2=O)c1.O=CN(c1cccc(F)c1)[C@]1(C(=O)NCC2CC2)CCc2ccccc21. The average Bonchev–Trinajstić information content (AvgIpc) is 3.69. The number of hydrogen-bond donors (Lipinski definition) is 1. The standard InChI is InChI=1S/C21H21FN2O2.C10H9N3O.2C2H6/c22-17-5-3-6-18(12-17)24(14-25)21(20(26)23-13-15-8-9-15)11-10-16-4-1-2-7-19(16)21;11-7-8-3-4-12-9(6-8)13-5-1-2-10(13)14;2*1-2/h1-7,12,14-15H,8-11,13H2,(H,23,26);3-4,6H,1-2,5H2;2*1-2H3/t21-;;;/m1.../s1. The molecule has 44 heavy (non-hydrogen) atoms. The number of aryl methyl sites for hydroxylation is 1. The van der Waals surface area contributed by atoms with E-state index in [-0.39, 0.29) is 11.8 Å². The maximum atomic E-state index is 13.8. The van der Waals surface area contributed by atoms with Crippen molar-refractivity contribution in [3.05, 3.63) is 89.4 Å². The number of rotatable bonds is 7. The molecule has 0 unspecified atom stereocenters. The molecule has 1 N–H and O–H groups in total. The number of fused-ring (bicyclic) bond motifs is 1. The monoisotopic (exact) mass is 599 g/mol. The molecule has 1 saturated heterocycles. The van der Waals surface area contributed by atoms with Crippen LogP contribution in [0.1, 0.15) is 76.5 Å². The molecule has 1 aromatic heterocycles. The van der Waals surface area contributed by atoms with Crippen molar-refractivity contribution in [2.45, 2.75) is 71.8 Å². The molecule has 6 rings (SSSR count). The fourth-order valence-corrected chi connectivity index (χ4v) is 5.42. The molecule has 3 aromatic rings. The minimum absolute atomic E-state index is 0.0904. The van der Waals surface area contributed by atoms with Gasteiger partial charge in [-0.3, -0.25) is 24.2 Å². The highest BCUT2D eigenvalue weighted by Crippen LogP contribution is 2.44. The van der Waals surface area contributed by atoms with Crippen molar-refractivity contribution >= 4 is 29.7 Å². The number of anilines is 2. The van der Waals surface area contributed by atoms with Crippen LogP contribution in [-0.2, 0) is 26.3 Å². The van der Waals surface area contributed by atoms with E-state index in [0.717, 1.165) is 30.4 Å². The lowest BCUT2D eigenvalue weighted by molar-refractivity contribution is -0.128. The molecule has 1 saturated carbocycles. The van der Waals surface area contributed by atoms with Gasteiger partial charge in [0.1, 0.15) is 11.6 Å². The Morgan fingerprint density at radius 2 is 1.86 bits per heavy atom. The molecule has 1 aliphatic heterocycles. The largest absolute Gasteiger partial charge is 0.353 e. The highest BCUT2D eigenvalue weighted by atomic mass is 19.1. The summed E-state index contributed by atoms with van der Waals surface area (Å²) < 4.78 is 13.8. The molecule has 3 aliphatic rings. The van der Waals surface area contributed by atoms with E-state index in [4.69, 9.17) is 5.26 Å². The van der Waals surface area contributed by atoms with Crippen LogP contribution in [0.15, 0.2) is 66.9 Å². The van der Waals surface area contributed by atoms with Gasteiger partial charge in [-0.1, -0.05) is 58.0 Å². The number of carbonyl (C=O) groups is 3. The van der Waals surface area contributed by atoms with Gasteiger partial charge in [0.2, 0.25) is 12.3 Å². The van der Waals surface area contributed by atoms with Crippen molar-refractivity contribution in [3.8, 4) is 6.07 Å². The Balaban J connectivity index is 0.000000248. The second kappa shape index (κ2) is 16.3. The average molecular weight is 600 g/mol. The number of aromatic nitrogens is 1. The molecule has 1 atom stereocenters. The van der Waals surface area contributed by atoms with E-state index < -0.39 is 11.4 Å². The lowest BCUT2D eigenvalue weighted by Gasteiger charge is -2.38. The van der Waals surface area contributed by atoms with Gasteiger partial charge in [-0.25, -0.2) is 9.37 Å². The number of hydrogen-bond acceptors (Lipinski definition) is 5. The lowest BCUT2D eigenvalue weighted by atomic mass is 9.88. The van der Waals surface area contributed by atoms with E-state index in [1.54, 1.807) is 35.4 Å². The molecule has 0 radical (unpaired) electrons. The molecule has 232 valence electrons. The number of nitrogens with zero attached hydrogens (tertiary/aromatic N) is 4. The summed E-state index contributed by atoms with van der Waals surface area (Å²) in [6.07, 6.45) is 7.10. The summed E-state index contributed by atoms with van der Waals surface area (Å²) in [6, 6.07) is 18.8. The number of nitrogens with one attached hydrogen (secondary N) is 1. The zero-order chi connectivity index (χ0) is 32.1. The molecule has 0 spiro atoms. The van der Waals surface area contributed by atoms with Gasteiger partial charge in [-0.2, -0.15) is 5.26 Å². The van der Waals surface area contributed by atoms with Crippen molar-refractivity contribution < 1.29 is 18.8 Å². The van der Waals surface area contributed by atoms with Crippen LogP contribution in [0.5, 0.6) is 0 Å². The summed E-state index contributed by atoms with van der Waals surface area (Å²) in [5, 5.41) is 11.7. The summed E-state index contributed by atoms with van der Waals surface area (Å²) in [5.41, 5.74) is 1.66. The number of amides is 3. The van der Waals surface area contributed by atoms with E-state index in [0.29, 0.717) is 61.7 Å². The van der Waals surface area contributed by atoms with Crippen LogP contribution in [0.3, 0.4) is 0 Å². The first-order valence-electron chi connectivity index (χ1n) is 15.5. The van der Waals surface area contributed by atoms with Crippen LogP contribution in [0.25, 0.3) is 0 Å². The van der Waals surface area contributed by atoms with Crippen LogP contribution >= 0.6 is 0 Å². The van der Waals surface area contributed by atoms with E-state index in [1.807, 2.05) is 58.0 Å². The maximum absolute atomic E-state index is 13.8. The summed E-state index contributed by atoms with van der Waals surface area (Å²) in [6.45, 7) is 9.33. The van der Waals surface area contributed by atoms with Crippen LogP contribution < -0.4 is 15.1 Å². The Bertz CT molecular complexity index is 1470. The minimum Gasteiger partial charge on any atom is -0.353 e. The molecule has 0 bridgehead atoms. The predicted molar refractivity (Wildman–Crippen MR) is 170 cm³/mol. The molecule has 9 heteroatoms. The third-order valence-corrected chi connectivity index (χ3v) is 7.67. The summed E-state index contributed by atoms with van der Waals surface area (Å²) >= 11 is 0. The Labute approximate surface area is 259 Å². The van der Waals surface area contributed by atoms with E-state index in [9.17, 15) is 18.8 Å². The first-order chi connectivity index (χ1) is 21.5. The van der Waals surface area contributed by atoms with Crippen molar-refractivity contribution in [2.75, 3.05) is 22.9 Å². The van der Waals surface area contributed by atoms with Crippen molar-refractivity contribution in [3.63, 3.8) is 0 Å². The van der Waals surface area contributed by atoms with Gasteiger partial charge >= 0.3 is 0 Å². The molecular formula is C35H42FN5O3. The van der Waals surface area contributed by atoms with E-state index >= 15 is 0 Å². The van der Waals surface area contributed by atoms with Gasteiger partial charge < -0.3 is 5.32 Å². The van der Waals surface area contributed by atoms with Gasteiger partial charge in [-0.05, 0) is 79.5 Å². The Kier molecular flexibility index (Phi) is 12.6. The zero-order valence-electron chi connectivity index (χ0n) is 26.1. The number of nitriles is 1. The second-order valence-corrected chi connectivity index (χ2v) is 10.3. The Hall–Kier alpha value is -4.58. The first-order valence-corrected chi connectivity index (χ1v) is 15.5. The summed E-state index contributed by atoms with van der Waals surface area (Å²) in [4.78, 5) is 43.9.